The zero-order valence-corrected chi connectivity index (χ0v) is 16.3. The highest BCUT2D eigenvalue weighted by molar-refractivity contribution is 7.14. The third kappa shape index (κ3) is 6.46. The van der Waals surface area contributed by atoms with Crippen molar-refractivity contribution in [2.24, 2.45) is 0 Å². The summed E-state index contributed by atoms with van der Waals surface area (Å²) in [6, 6.07) is 11.4. The van der Waals surface area contributed by atoms with Crippen LogP contribution in [-0.4, -0.2) is 23.3 Å². The van der Waals surface area contributed by atoms with E-state index in [0.717, 1.165) is 5.56 Å². The first kappa shape index (κ1) is 20.6. The highest BCUT2D eigenvalue weighted by Gasteiger charge is 2.10. The molecule has 2 N–H and O–H groups in total. The van der Waals surface area contributed by atoms with Crippen molar-refractivity contribution < 1.29 is 18.4 Å². The van der Waals surface area contributed by atoms with Crippen molar-refractivity contribution in [1.29, 1.82) is 0 Å². The Bertz CT molecular complexity index is 972. The number of benzene rings is 2. The molecular weight excluding hydrogens is 396 g/mol. The number of halogens is 2. The summed E-state index contributed by atoms with van der Waals surface area (Å²) in [7, 11) is 0. The number of rotatable bonds is 8. The molecule has 0 saturated heterocycles. The Morgan fingerprint density at radius 1 is 0.931 bits per heavy atom. The van der Waals surface area contributed by atoms with Crippen molar-refractivity contribution in [3.05, 3.63) is 82.4 Å². The van der Waals surface area contributed by atoms with Crippen LogP contribution in [0.1, 0.15) is 28.0 Å². The van der Waals surface area contributed by atoms with E-state index in [1.807, 2.05) is 0 Å². The molecule has 150 valence electrons. The molecule has 8 heteroatoms. The van der Waals surface area contributed by atoms with Gasteiger partial charge in [0.15, 0.2) is 5.13 Å². The number of carbonyl (C=O) groups excluding carboxylic acids is 2. The lowest BCUT2D eigenvalue weighted by atomic mass is 10.1. The van der Waals surface area contributed by atoms with E-state index in [-0.39, 0.29) is 24.1 Å². The summed E-state index contributed by atoms with van der Waals surface area (Å²) in [6.07, 6.45) is 1.35. The second-order valence-corrected chi connectivity index (χ2v) is 7.19. The van der Waals surface area contributed by atoms with Gasteiger partial charge in [0, 0.05) is 23.9 Å². The Kier molecular flexibility index (Phi) is 7.02. The molecule has 0 aliphatic heterocycles. The minimum atomic E-state index is -0.408. The lowest BCUT2D eigenvalue weighted by Gasteiger charge is -2.05. The minimum Gasteiger partial charge on any atom is -0.356 e. The maximum absolute atomic E-state index is 12.9. The first-order chi connectivity index (χ1) is 14.0. The maximum atomic E-state index is 12.9. The fourth-order valence-electron chi connectivity index (χ4n) is 2.58. The Morgan fingerprint density at radius 3 is 2.28 bits per heavy atom. The van der Waals surface area contributed by atoms with Gasteiger partial charge in [-0.25, -0.2) is 13.8 Å². The van der Waals surface area contributed by atoms with Crippen molar-refractivity contribution in [3.63, 3.8) is 0 Å². The van der Waals surface area contributed by atoms with Crippen LogP contribution < -0.4 is 10.6 Å². The number of thiazole rings is 1. The van der Waals surface area contributed by atoms with Gasteiger partial charge in [0.05, 0.1) is 5.69 Å². The monoisotopic (exact) mass is 415 g/mol. The summed E-state index contributed by atoms with van der Waals surface area (Å²) in [5.41, 5.74) is 1.99. The van der Waals surface area contributed by atoms with E-state index in [1.54, 1.807) is 17.5 Å². The number of carbonyl (C=O) groups is 2. The van der Waals surface area contributed by atoms with Crippen LogP contribution in [0.25, 0.3) is 0 Å². The van der Waals surface area contributed by atoms with Crippen LogP contribution >= 0.6 is 11.3 Å². The number of hydrogen-bond donors (Lipinski definition) is 2. The van der Waals surface area contributed by atoms with E-state index < -0.39 is 5.82 Å². The largest absolute Gasteiger partial charge is 0.356 e. The summed E-state index contributed by atoms with van der Waals surface area (Å²) in [5, 5.41) is 7.69. The second kappa shape index (κ2) is 9.88. The normalized spacial score (nSPS) is 10.6. The van der Waals surface area contributed by atoms with Crippen LogP contribution in [0.15, 0.2) is 53.9 Å². The van der Waals surface area contributed by atoms with Crippen molar-refractivity contribution >= 4 is 28.3 Å². The maximum Gasteiger partial charge on any atom is 0.257 e. The summed E-state index contributed by atoms with van der Waals surface area (Å²) < 4.78 is 25.8. The molecule has 2 aromatic carbocycles. The van der Waals surface area contributed by atoms with E-state index in [0.29, 0.717) is 35.8 Å². The molecule has 0 saturated carbocycles. The quantitative estimate of drug-likeness (QED) is 0.585. The summed E-state index contributed by atoms with van der Waals surface area (Å²) in [4.78, 5) is 28.4. The Balaban J connectivity index is 1.40. The summed E-state index contributed by atoms with van der Waals surface area (Å²) in [6.45, 7) is 0.473. The van der Waals surface area contributed by atoms with E-state index in [9.17, 15) is 18.4 Å². The number of nitrogens with zero attached hydrogens (tertiary/aromatic N) is 1. The second-order valence-electron chi connectivity index (χ2n) is 6.33. The van der Waals surface area contributed by atoms with E-state index in [4.69, 9.17) is 0 Å². The van der Waals surface area contributed by atoms with Gasteiger partial charge < -0.3 is 5.32 Å². The Hall–Kier alpha value is -3.13. The number of amides is 2. The van der Waals surface area contributed by atoms with Gasteiger partial charge in [-0.05, 0) is 54.8 Å². The Labute approximate surface area is 170 Å². The fraction of sp³-hybridized carbons (Fsp3) is 0.190. The highest BCUT2D eigenvalue weighted by Crippen LogP contribution is 2.17. The summed E-state index contributed by atoms with van der Waals surface area (Å²) in [5.74, 6) is -1.16. The van der Waals surface area contributed by atoms with Crippen molar-refractivity contribution in [1.82, 2.24) is 10.3 Å². The van der Waals surface area contributed by atoms with Crippen LogP contribution in [0.3, 0.4) is 0 Å². The predicted molar refractivity (Wildman–Crippen MR) is 108 cm³/mol. The molecule has 0 aliphatic rings. The van der Waals surface area contributed by atoms with Gasteiger partial charge in [-0.1, -0.05) is 12.1 Å². The average molecular weight is 415 g/mol. The SMILES string of the molecule is O=C(CCc1csc(NC(=O)c2ccc(F)cc2)n1)NCCc1ccc(F)cc1. The first-order valence-electron chi connectivity index (χ1n) is 9.02. The zero-order valence-electron chi connectivity index (χ0n) is 15.5. The zero-order chi connectivity index (χ0) is 20.6. The van der Waals surface area contributed by atoms with E-state index in [2.05, 4.69) is 15.6 Å². The predicted octanol–water partition coefficient (Wildman–Crippen LogP) is 3.97. The van der Waals surface area contributed by atoms with Gasteiger partial charge >= 0.3 is 0 Å². The molecule has 3 rings (SSSR count). The molecule has 0 unspecified atom stereocenters. The van der Waals surface area contributed by atoms with Gasteiger partial charge in [-0.15, -0.1) is 11.3 Å². The molecule has 1 heterocycles. The lowest BCUT2D eigenvalue weighted by molar-refractivity contribution is -0.121. The molecule has 0 atom stereocenters. The van der Waals surface area contributed by atoms with Crippen LogP contribution in [0, 0.1) is 11.6 Å². The summed E-state index contributed by atoms with van der Waals surface area (Å²) >= 11 is 1.26. The molecule has 3 aromatic rings. The van der Waals surface area contributed by atoms with Gasteiger partial charge in [0.25, 0.3) is 5.91 Å². The van der Waals surface area contributed by atoms with Crippen molar-refractivity contribution in [2.75, 3.05) is 11.9 Å². The molecule has 29 heavy (non-hydrogen) atoms. The number of aromatic nitrogens is 1. The number of nitrogens with one attached hydrogen (secondary N) is 2. The fourth-order valence-corrected chi connectivity index (χ4v) is 3.32. The number of anilines is 1. The molecule has 0 fully saturated rings. The highest BCUT2D eigenvalue weighted by atomic mass is 32.1. The molecular formula is C21H19F2N3O2S. The third-order valence-electron chi connectivity index (χ3n) is 4.14. The smallest absolute Gasteiger partial charge is 0.257 e. The lowest BCUT2D eigenvalue weighted by Crippen LogP contribution is -2.25. The van der Waals surface area contributed by atoms with Crippen LogP contribution in [-0.2, 0) is 17.6 Å². The van der Waals surface area contributed by atoms with Crippen molar-refractivity contribution in [2.45, 2.75) is 19.3 Å². The number of hydrogen-bond acceptors (Lipinski definition) is 4. The van der Waals surface area contributed by atoms with Crippen LogP contribution in [0.4, 0.5) is 13.9 Å². The van der Waals surface area contributed by atoms with E-state index in [1.165, 1.54) is 47.7 Å². The van der Waals surface area contributed by atoms with Gasteiger partial charge in [0.2, 0.25) is 5.91 Å². The first-order valence-corrected chi connectivity index (χ1v) is 9.90. The Morgan fingerprint density at radius 2 is 1.59 bits per heavy atom. The standard InChI is InChI=1S/C21H19F2N3O2S/c22-16-5-1-14(2-6-16)11-12-24-19(27)10-9-18-13-29-21(25-18)26-20(28)15-3-7-17(23)8-4-15/h1-8,13H,9-12H2,(H,24,27)(H,25,26,28). The number of aryl methyl sites for hydroxylation is 1. The molecule has 5 nitrogen and oxygen atoms in total. The molecule has 2 amide bonds. The average Bonchev–Trinajstić information content (AvgIpc) is 3.16. The van der Waals surface area contributed by atoms with Gasteiger partial charge in [-0.3, -0.25) is 14.9 Å². The van der Waals surface area contributed by atoms with Crippen LogP contribution in [0.2, 0.25) is 0 Å². The molecule has 0 radical (unpaired) electrons. The molecule has 0 spiro atoms. The van der Waals surface area contributed by atoms with Crippen molar-refractivity contribution in [3.8, 4) is 0 Å². The van der Waals surface area contributed by atoms with Crippen LogP contribution in [0.5, 0.6) is 0 Å². The van der Waals surface area contributed by atoms with E-state index >= 15 is 0 Å². The van der Waals surface area contributed by atoms with Gasteiger partial charge in [0.1, 0.15) is 11.6 Å². The molecule has 1 aromatic heterocycles. The molecule has 0 bridgehead atoms. The van der Waals surface area contributed by atoms with Gasteiger partial charge in [-0.2, -0.15) is 0 Å². The minimum absolute atomic E-state index is 0.1000. The third-order valence-corrected chi connectivity index (χ3v) is 4.94. The molecule has 0 aliphatic carbocycles. The topological polar surface area (TPSA) is 71.1 Å².